The molecule has 0 bridgehead atoms. The summed E-state index contributed by atoms with van der Waals surface area (Å²) < 4.78 is 53.3. The second-order valence-corrected chi connectivity index (χ2v) is 14.8. The van der Waals surface area contributed by atoms with Gasteiger partial charge in [-0.1, -0.05) is 6.42 Å². The summed E-state index contributed by atoms with van der Waals surface area (Å²) in [7, 11) is -3.54. The summed E-state index contributed by atoms with van der Waals surface area (Å²) in [4.78, 5) is 16.8. The van der Waals surface area contributed by atoms with Gasteiger partial charge < -0.3 is 4.74 Å². The molecule has 2 unspecified atom stereocenters. The molecule has 1 spiro atoms. The van der Waals surface area contributed by atoms with Gasteiger partial charge in [-0.05, 0) is 89.1 Å². The first-order chi connectivity index (χ1) is 21.2. The maximum absolute atomic E-state index is 16.8. The minimum atomic E-state index is -3.54. The number of aryl methyl sites for hydroxylation is 1. The van der Waals surface area contributed by atoms with Crippen LogP contribution in [0.5, 0.6) is 6.01 Å². The van der Waals surface area contributed by atoms with Crippen LogP contribution in [0.2, 0.25) is 0 Å². The lowest BCUT2D eigenvalue weighted by Crippen LogP contribution is -2.47. The van der Waals surface area contributed by atoms with Gasteiger partial charge in [-0.3, -0.25) is 15.0 Å². The van der Waals surface area contributed by atoms with Gasteiger partial charge in [-0.15, -0.1) is 0 Å². The molecule has 3 saturated heterocycles. The highest BCUT2D eigenvalue weighted by molar-refractivity contribution is 7.87. The first kappa shape index (κ1) is 28.2. The normalized spacial score (nSPS) is 26.2. The number of benzene rings is 1. The van der Waals surface area contributed by atoms with E-state index in [1.807, 2.05) is 19.9 Å². The van der Waals surface area contributed by atoms with Gasteiger partial charge in [0.25, 0.3) is 10.2 Å². The first-order valence-electron chi connectivity index (χ1n) is 15.6. The molecule has 1 aromatic carbocycles. The van der Waals surface area contributed by atoms with Gasteiger partial charge in [0.2, 0.25) is 0 Å². The third-order valence-electron chi connectivity index (χ3n) is 10.7. The molecule has 0 radical (unpaired) electrons. The molecule has 2 atom stereocenters. The fraction of sp³-hybridized carbons (Fsp3) is 0.548. The Morgan fingerprint density at radius 1 is 1.09 bits per heavy atom. The molecule has 0 amide bonds. The van der Waals surface area contributed by atoms with E-state index in [4.69, 9.17) is 14.7 Å². The molecule has 44 heavy (non-hydrogen) atoms. The zero-order chi connectivity index (χ0) is 30.3. The van der Waals surface area contributed by atoms with E-state index in [9.17, 15) is 8.42 Å². The molecular weight excluding hydrogens is 583 g/mol. The van der Waals surface area contributed by atoms with Crippen LogP contribution in [0, 0.1) is 19.7 Å². The zero-order valence-electron chi connectivity index (χ0n) is 25.0. The van der Waals surface area contributed by atoms with Crippen molar-refractivity contribution in [3.8, 4) is 17.3 Å². The predicted molar refractivity (Wildman–Crippen MR) is 164 cm³/mol. The van der Waals surface area contributed by atoms with E-state index in [0.29, 0.717) is 36.2 Å². The number of H-pyrrole nitrogens is 1. The fourth-order valence-electron chi connectivity index (χ4n) is 8.34. The maximum atomic E-state index is 16.8. The number of nitrogens with zero attached hydrogens (tertiary/aromatic N) is 5. The first-order valence-corrected chi connectivity index (χ1v) is 17.1. The van der Waals surface area contributed by atoms with Crippen molar-refractivity contribution in [2.45, 2.75) is 82.2 Å². The van der Waals surface area contributed by atoms with E-state index in [-0.39, 0.29) is 28.7 Å². The molecule has 3 aliphatic heterocycles. The van der Waals surface area contributed by atoms with Crippen LogP contribution in [-0.4, -0.2) is 75.8 Å². The van der Waals surface area contributed by atoms with Crippen molar-refractivity contribution in [2.75, 3.05) is 26.2 Å². The van der Waals surface area contributed by atoms with E-state index < -0.39 is 21.6 Å². The third kappa shape index (κ3) is 4.50. The number of ether oxygens (including phenoxy) is 1. The van der Waals surface area contributed by atoms with Crippen molar-refractivity contribution in [1.82, 2.24) is 39.5 Å². The fourth-order valence-corrected chi connectivity index (χ4v) is 9.71. The maximum Gasteiger partial charge on any atom is 0.317 e. The Labute approximate surface area is 255 Å². The Balaban J connectivity index is 1.25. The van der Waals surface area contributed by atoms with Gasteiger partial charge >= 0.3 is 6.01 Å². The van der Waals surface area contributed by atoms with Crippen molar-refractivity contribution >= 4 is 32.0 Å². The molecule has 1 saturated carbocycles. The number of hydrogen-bond donors (Lipinski definition) is 3. The van der Waals surface area contributed by atoms with E-state index in [1.165, 1.54) is 0 Å². The lowest BCUT2D eigenvalue weighted by molar-refractivity contribution is 0.107. The van der Waals surface area contributed by atoms with Gasteiger partial charge in [0, 0.05) is 40.5 Å². The molecule has 6 heterocycles. The van der Waals surface area contributed by atoms with Crippen LogP contribution in [0.4, 0.5) is 4.39 Å². The Bertz CT molecular complexity index is 1900. The molecule has 3 N–H and O–H groups in total. The average Bonchev–Trinajstić information content (AvgIpc) is 3.77. The zero-order valence-corrected chi connectivity index (χ0v) is 25.9. The van der Waals surface area contributed by atoms with Crippen molar-refractivity contribution in [1.29, 1.82) is 0 Å². The summed E-state index contributed by atoms with van der Waals surface area (Å²) in [6, 6.07) is 2.17. The molecule has 4 aromatic rings. The molecule has 3 aromatic heterocycles. The van der Waals surface area contributed by atoms with Crippen LogP contribution < -0.4 is 14.2 Å². The molecule has 1 aliphatic carbocycles. The minimum Gasteiger partial charge on any atom is -0.461 e. The van der Waals surface area contributed by atoms with Crippen LogP contribution in [0.15, 0.2) is 18.5 Å². The van der Waals surface area contributed by atoms with Crippen molar-refractivity contribution in [3.05, 3.63) is 41.1 Å². The molecule has 4 aliphatic rings. The Morgan fingerprint density at radius 2 is 1.91 bits per heavy atom. The number of fused-ring (bicyclic) bond motifs is 3. The van der Waals surface area contributed by atoms with Crippen molar-refractivity contribution in [2.24, 2.45) is 0 Å². The number of aromatic amines is 1. The highest BCUT2D eigenvalue weighted by Crippen LogP contribution is 2.44. The van der Waals surface area contributed by atoms with Gasteiger partial charge in [0.05, 0.1) is 22.9 Å². The monoisotopic (exact) mass is 620 g/mol. The van der Waals surface area contributed by atoms with E-state index in [1.54, 1.807) is 12.4 Å². The van der Waals surface area contributed by atoms with Gasteiger partial charge in [0.15, 0.2) is 5.82 Å². The molecule has 8 rings (SSSR count). The summed E-state index contributed by atoms with van der Waals surface area (Å²) in [5, 5.41) is 8.53. The standard InChI is InChI=1S/C31H37FN8O3S/c1-18-12-23-21(15-34-38-23)24(19(18)2)28-25(32)27-22(14-33-28)26(20-6-3-7-30(13-20)16-35-44(41,42)39-30)36-29(37-27)43-17-31-8-4-10-40(31)11-5-9-31/h12,14-15,20,35,39H,3-11,13,16-17H2,1-2H3,(H,34,38). The molecule has 4 fully saturated rings. The van der Waals surface area contributed by atoms with Gasteiger partial charge in [0.1, 0.15) is 17.8 Å². The predicted octanol–water partition coefficient (Wildman–Crippen LogP) is 4.17. The molecule has 232 valence electrons. The molecule has 13 heteroatoms. The minimum absolute atomic E-state index is 0.0192. The highest BCUT2D eigenvalue weighted by Gasteiger charge is 2.47. The topological polar surface area (TPSA) is 138 Å². The molecule has 11 nitrogen and oxygen atoms in total. The quantitative estimate of drug-likeness (QED) is 0.302. The number of halogens is 1. The number of hydrogen-bond acceptors (Lipinski definition) is 8. The largest absolute Gasteiger partial charge is 0.461 e. The molecular formula is C31H37FN8O3S. The number of aromatic nitrogens is 5. The van der Waals surface area contributed by atoms with Crippen molar-refractivity contribution < 1.29 is 17.5 Å². The highest BCUT2D eigenvalue weighted by atomic mass is 32.2. The van der Waals surface area contributed by atoms with E-state index in [0.717, 1.165) is 80.1 Å². The third-order valence-corrected chi connectivity index (χ3v) is 11.9. The van der Waals surface area contributed by atoms with Gasteiger partial charge in [-0.2, -0.15) is 28.2 Å². The second kappa shape index (κ2) is 10.1. The number of pyridine rings is 1. The average molecular weight is 621 g/mol. The summed E-state index contributed by atoms with van der Waals surface area (Å²) in [5.74, 6) is -0.650. The van der Waals surface area contributed by atoms with Crippen LogP contribution >= 0.6 is 0 Å². The van der Waals surface area contributed by atoms with Crippen LogP contribution in [0.3, 0.4) is 0 Å². The smallest absolute Gasteiger partial charge is 0.317 e. The van der Waals surface area contributed by atoms with Crippen molar-refractivity contribution in [3.63, 3.8) is 0 Å². The summed E-state index contributed by atoms with van der Waals surface area (Å²) >= 11 is 0. The summed E-state index contributed by atoms with van der Waals surface area (Å²) in [6.07, 6.45) is 10.7. The Kier molecular flexibility index (Phi) is 6.50. The lowest BCUT2D eigenvalue weighted by Gasteiger charge is -2.36. The lowest BCUT2D eigenvalue weighted by atomic mass is 9.74. The number of nitrogens with one attached hydrogen (secondary N) is 3. The number of rotatable bonds is 5. The van der Waals surface area contributed by atoms with Crippen LogP contribution in [-0.2, 0) is 10.2 Å². The van der Waals surface area contributed by atoms with E-state index in [2.05, 4.69) is 29.5 Å². The van der Waals surface area contributed by atoms with Crippen LogP contribution in [0.1, 0.15) is 74.1 Å². The van der Waals surface area contributed by atoms with Gasteiger partial charge in [-0.25, -0.2) is 9.11 Å². The summed E-state index contributed by atoms with van der Waals surface area (Å²) in [5.41, 5.74) is 3.84. The second-order valence-electron chi connectivity index (χ2n) is 13.3. The Hall–Kier alpha value is -3.26. The van der Waals surface area contributed by atoms with Crippen LogP contribution in [0.25, 0.3) is 33.1 Å². The van der Waals surface area contributed by atoms with E-state index >= 15 is 4.39 Å². The summed E-state index contributed by atoms with van der Waals surface area (Å²) in [6.45, 7) is 6.88. The Morgan fingerprint density at radius 3 is 2.68 bits per heavy atom. The SMILES string of the molecule is Cc1cc2[nH]ncc2c(-c2ncc3c(C4CCCC5(CNS(=O)(=O)N5)C4)nc(OCC45CCCN4CCC5)nc3c2F)c1C.